The molecule has 5 nitrogen and oxygen atoms in total. The van der Waals surface area contributed by atoms with Crippen molar-refractivity contribution in [2.75, 3.05) is 17.6 Å². The molecule has 0 aromatic carbocycles. The Morgan fingerprint density at radius 3 is 2.62 bits per heavy atom. The number of nitrogen functional groups attached to an aromatic ring is 1. The van der Waals surface area contributed by atoms with Crippen molar-refractivity contribution >= 4 is 27.9 Å². The van der Waals surface area contributed by atoms with E-state index in [0.717, 1.165) is 11.3 Å². The molecule has 0 aliphatic heterocycles. The van der Waals surface area contributed by atoms with Gasteiger partial charge in [-0.2, -0.15) is 18.4 Å². The second kappa shape index (κ2) is 6.67. The summed E-state index contributed by atoms with van der Waals surface area (Å²) in [4.78, 5) is 11.9. The van der Waals surface area contributed by atoms with Crippen LogP contribution < -0.4 is 16.4 Å². The van der Waals surface area contributed by atoms with Crippen molar-refractivity contribution in [3.05, 3.63) is 10.4 Å². The van der Waals surface area contributed by atoms with E-state index in [1.165, 1.54) is 6.92 Å². The third kappa shape index (κ3) is 4.53. The van der Waals surface area contributed by atoms with Crippen molar-refractivity contribution < 1.29 is 18.0 Å². The first kappa shape index (κ1) is 17.1. The second-order valence-corrected chi connectivity index (χ2v) is 5.41. The number of alkyl halides is 3. The Bertz CT molecular complexity index is 562. The van der Waals surface area contributed by atoms with Gasteiger partial charge in [-0.15, -0.1) is 11.3 Å². The summed E-state index contributed by atoms with van der Waals surface area (Å²) in [5, 5.41) is 14.4. The largest absolute Gasteiger partial charge is 0.396 e. The number of rotatable bonds is 5. The van der Waals surface area contributed by atoms with Gasteiger partial charge in [0.05, 0.1) is 12.1 Å². The lowest BCUT2D eigenvalue weighted by Gasteiger charge is -2.15. The van der Waals surface area contributed by atoms with Crippen LogP contribution in [0.2, 0.25) is 0 Å². The van der Waals surface area contributed by atoms with Crippen LogP contribution in [0.4, 0.5) is 23.9 Å². The van der Waals surface area contributed by atoms with E-state index in [1.54, 1.807) is 6.92 Å². The van der Waals surface area contributed by atoms with Crippen molar-refractivity contribution in [3.63, 3.8) is 0 Å². The minimum atomic E-state index is -4.32. The van der Waals surface area contributed by atoms with Gasteiger partial charge in [0.1, 0.15) is 21.5 Å². The van der Waals surface area contributed by atoms with Crippen LogP contribution in [0.1, 0.15) is 35.5 Å². The van der Waals surface area contributed by atoms with Crippen molar-refractivity contribution in [1.29, 1.82) is 5.26 Å². The molecular formula is C12H15F3N4OS. The molecule has 0 bridgehead atoms. The number of thiophene rings is 1. The monoisotopic (exact) mass is 320 g/mol. The molecule has 1 aromatic heterocycles. The van der Waals surface area contributed by atoms with Gasteiger partial charge in [0, 0.05) is 12.6 Å². The Morgan fingerprint density at radius 2 is 2.14 bits per heavy atom. The Balaban J connectivity index is 3.00. The fourth-order valence-corrected chi connectivity index (χ4v) is 2.79. The van der Waals surface area contributed by atoms with E-state index >= 15 is 0 Å². The standard InChI is InChI=1S/C12H15F3N4OS/c1-3-18-10(20)9-8(17)7(5-16)11(21-9)19-6(2)4-12(13,14)15/h6,19H,3-4,17H2,1-2H3,(H,18,20). The number of carbonyl (C=O) groups is 1. The highest BCUT2D eigenvalue weighted by molar-refractivity contribution is 7.18. The number of anilines is 2. The summed E-state index contributed by atoms with van der Waals surface area (Å²) in [6, 6.07) is 0.878. The molecule has 1 atom stereocenters. The molecule has 1 rings (SSSR count). The van der Waals surface area contributed by atoms with E-state index in [1.807, 2.05) is 6.07 Å². The third-order valence-electron chi connectivity index (χ3n) is 2.52. The Kier molecular flexibility index (Phi) is 5.43. The van der Waals surface area contributed by atoms with Crippen LogP contribution >= 0.6 is 11.3 Å². The predicted molar refractivity (Wildman–Crippen MR) is 75.2 cm³/mol. The molecule has 0 saturated heterocycles. The van der Waals surface area contributed by atoms with Crippen LogP contribution in [0.3, 0.4) is 0 Å². The molecule has 0 radical (unpaired) electrons. The molecule has 0 saturated carbocycles. The van der Waals surface area contributed by atoms with Crippen molar-refractivity contribution in [2.45, 2.75) is 32.5 Å². The smallest absolute Gasteiger partial charge is 0.391 e. The zero-order valence-corrected chi connectivity index (χ0v) is 12.3. The van der Waals surface area contributed by atoms with Crippen LogP contribution in [0.25, 0.3) is 0 Å². The number of nitriles is 1. The molecule has 116 valence electrons. The minimum Gasteiger partial charge on any atom is -0.396 e. The summed E-state index contributed by atoms with van der Waals surface area (Å²) < 4.78 is 36.9. The highest BCUT2D eigenvalue weighted by Crippen LogP contribution is 2.36. The molecular weight excluding hydrogens is 305 g/mol. The van der Waals surface area contributed by atoms with E-state index in [4.69, 9.17) is 11.0 Å². The molecule has 1 aromatic rings. The molecule has 4 N–H and O–H groups in total. The fraction of sp³-hybridized carbons (Fsp3) is 0.500. The summed E-state index contributed by atoms with van der Waals surface area (Å²) in [5.74, 6) is -0.451. The van der Waals surface area contributed by atoms with Crippen LogP contribution in [-0.2, 0) is 0 Å². The number of hydrogen-bond donors (Lipinski definition) is 3. The maximum Gasteiger partial charge on any atom is 0.391 e. The molecule has 0 aliphatic carbocycles. The normalized spacial score (nSPS) is 12.6. The summed E-state index contributed by atoms with van der Waals surface area (Å²) in [5.41, 5.74) is 5.69. The lowest BCUT2D eigenvalue weighted by molar-refractivity contribution is -0.136. The van der Waals surface area contributed by atoms with Crippen LogP contribution in [0, 0.1) is 11.3 Å². The lowest BCUT2D eigenvalue weighted by atomic mass is 10.2. The summed E-state index contributed by atoms with van der Waals surface area (Å²) in [7, 11) is 0. The number of carbonyl (C=O) groups excluding carboxylic acids is 1. The highest BCUT2D eigenvalue weighted by Gasteiger charge is 2.31. The van der Waals surface area contributed by atoms with Crippen LogP contribution in [0.5, 0.6) is 0 Å². The topological polar surface area (TPSA) is 90.9 Å². The molecule has 1 heterocycles. The lowest BCUT2D eigenvalue weighted by Crippen LogP contribution is -2.23. The first-order valence-electron chi connectivity index (χ1n) is 6.13. The fourth-order valence-electron chi connectivity index (χ4n) is 1.69. The average Bonchev–Trinajstić information content (AvgIpc) is 2.63. The van der Waals surface area contributed by atoms with E-state index in [-0.39, 0.29) is 21.1 Å². The molecule has 0 fully saturated rings. The van der Waals surface area contributed by atoms with Gasteiger partial charge in [0.2, 0.25) is 0 Å². The molecule has 0 aliphatic rings. The van der Waals surface area contributed by atoms with E-state index in [0.29, 0.717) is 6.54 Å². The van der Waals surface area contributed by atoms with Crippen molar-refractivity contribution in [3.8, 4) is 6.07 Å². The van der Waals surface area contributed by atoms with Gasteiger partial charge in [0.15, 0.2) is 0 Å². The molecule has 1 amide bonds. The number of amides is 1. The quantitative estimate of drug-likeness (QED) is 0.778. The highest BCUT2D eigenvalue weighted by atomic mass is 32.1. The first-order valence-corrected chi connectivity index (χ1v) is 6.95. The van der Waals surface area contributed by atoms with E-state index < -0.39 is 24.5 Å². The molecule has 1 unspecified atom stereocenters. The Labute approximate surface area is 123 Å². The van der Waals surface area contributed by atoms with Gasteiger partial charge in [-0.1, -0.05) is 0 Å². The predicted octanol–water partition coefficient (Wildman–Crippen LogP) is 2.70. The number of nitrogens with zero attached hydrogens (tertiary/aromatic N) is 1. The van der Waals surface area contributed by atoms with Crippen molar-refractivity contribution in [1.82, 2.24) is 5.32 Å². The van der Waals surface area contributed by atoms with Gasteiger partial charge < -0.3 is 16.4 Å². The number of nitrogens with one attached hydrogen (secondary N) is 2. The average molecular weight is 320 g/mol. The number of halogens is 3. The summed E-state index contributed by atoms with van der Waals surface area (Å²) >= 11 is 0.875. The first-order chi connectivity index (χ1) is 9.69. The van der Waals surface area contributed by atoms with Crippen LogP contribution in [0.15, 0.2) is 0 Å². The van der Waals surface area contributed by atoms with Crippen LogP contribution in [-0.4, -0.2) is 24.7 Å². The van der Waals surface area contributed by atoms with E-state index in [9.17, 15) is 18.0 Å². The Hall–Kier alpha value is -1.95. The maximum absolute atomic E-state index is 12.3. The zero-order chi connectivity index (χ0) is 16.2. The van der Waals surface area contributed by atoms with Gasteiger partial charge in [-0.25, -0.2) is 0 Å². The third-order valence-corrected chi connectivity index (χ3v) is 3.65. The second-order valence-electron chi connectivity index (χ2n) is 4.38. The Morgan fingerprint density at radius 1 is 1.52 bits per heavy atom. The molecule has 9 heteroatoms. The molecule has 0 spiro atoms. The van der Waals surface area contributed by atoms with Gasteiger partial charge in [0.25, 0.3) is 5.91 Å². The number of hydrogen-bond acceptors (Lipinski definition) is 5. The van der Waals surface area contributed by atoms with Gasteiger partial charge in [-0.05, 0) is 13.8 Å². The number of nitrogens with two attached hydrogens (primary N) is 1. The van der Waals surface area contributed by atoms with E-state index in [2.05, 4.69) is 10.6 Å². The molecule has 21 heavy (non-hydrogen) atoms. The van der Waals surface area contributed by atoms with Crippen molar-refractivity contribution in [2.24, 2.45) is 0 Å². The maximum atomic E-state index is 12.3. The minimum absolute atomic E-state index is 0.00437. The summed E-state index contributed by atoms with van der Waals surface area (Å²) in [6.07, 6.45) is -5.36. The van der Waals surface area contributed by atoms with Gasteiger partial charge >= 0.3 is 6.18 Å². The zero-order valence-electron chi connectivity index (χ0n) is 11.5. The SMILES string of the molecule is CCNC(=O)c1sc(NC(C)CC(F)(F)F)c(C#N)c1N. The summed E-state index contributed by atoms with van der Waals surface area (Å²) in [6.45, 7) is 3.44. The van der Waals surface area contributed by atoms with Gasteiger partial charge in [-0.3, -0.25) is 4.79 Å².